The summed E-state index contributed by atoms with van der Waals surface area (Å²) in [6.45, 7) is 2.41. The van der Waals surface area contributed by atoms with E-state index in [0.717, 1.165) is 12.5 Å². The number of hydrogen-bond acceptors (Lipinski definition) is 3. The minimum absolute atomic E-state index is 0.169. The van der Waals surface area contributed by atoms with E-state index in [4.69, 9.17) is 0 Å². The van der Waals surface area contributed by atoms with Crippen LogP contribution in [0.15, 0.2) is 18.3 Å². The molecule has 5 heteroatoms. The molecule has 1 aliphatic rings. The second-order valence-electron chi connectivity index (χ2n) is 4.16. The normalized spacial score (nSPS) is 19.8. The summed E-state index contributed by atoms with van der Waals surface area (Å²) in [6.07, 6.45) is 2.48. The number of carbonyl (C=O) groups excluding carboxylic acids is 2. The van der Waals surface area contributed by atoms with Gasteiger partial charge in [-0.05, 0) is 12.0 Å². The Kier molecular flexibility index (Phi) is 3.17. The second-order valence-corrected chi connectivity index (χ2v) is 4.16. The summed E-state index contributed by atoms with van der Waals surface area (Å²) in [5.74, 6) is -1.11. The maximum atomic E-state index is 12.9. The number of aromatic nitrogens is 1. The first kappa shape index (κ1) is 11.7. The van der Waals surface area contributed by atoms with Gasteiger partial charge in [0.2, 0.25) is 11.9 Å². The fourth-order valence-electron chi connectivity index (χ4n) is 1.94. The SMILES string of the molecule is CCC1CC(=O)N(C(=O)c2ccnc(F)c2)C1. The van der Waals surface area contributed by atoms with E-state index in [1.807, 2.05) is 6.92 Å². The first-order valence-electron chi connectivity index (χ1n) is 5.58. The molecule has 1 saturated heterocycles. The molecule has 0 aromatic carbocycles. The smallest absolute Gasteiger partial charge is 0.260 e. The predicted octanol–water partition coefficient (Wildman–Crippen LogP) is 1.62. The van der Waals surface area contributed by atoms with Gasteiger partial charge in [-0.25, -0.2) is 4.98 Å². The van der Waals surface area contributed by atoms with Crippen molar-refractivity contribution in [3.8, 4) is 0 Å². The van der Waals surface area contributed by atoms with Gasteiger partial charge in [-0.3, -0.25) is 14.5 Å². The Balaban J connectivity index is 2.18. The molecule has 1 aromatic heterocycles. The summed E-state index contributed by atoms with van der Waals surface area (Å²) in [7, 11) is 0. The van der Waals surface area contributed by atoms with Gasteiger partial charge in [0.25, 0.3) is 5.91 Å². The van der Waals surface area contributed by atoms with E-state index in [0.29, 0.717) is 13.0 Å². The molecule has 0 saturated carbocycles. The molecule has 2 amide bonds. The van der Waals surface area contributed by atoms with Crippen LogP contribution in [0.5, 0.6) is 0 Å². The van der Waals surface area contributed by atoms with E-state index in [2.05, 4.69) is 4.98 Å². The highest BCUT2D eigenvalue weighted by atomic mass is 19.1. The highest BCUT2D eigenvalue weighted by molar-refractivity contribution is 6.05. The second kappa shape index (κ2) is 4.61. The lowest BCUT2D eigenvalue weighted by atomic mass is 10.1. The Bertz CT molecular complexity index is 462. The Morgan fingerprint density at radius 1 is 1.65 bits per heavy atom. The lowest BCUT2D eigenvalue weighted by Crippen LogP contribution is -2.32. The fourth-order valence-corrected chi connectivity index (χ4v) is 1.94. The molecule has 1 unspecified atom stereocenters. The van der Waals surface area contributed by atoms with Crippen LogP contribution >= 0.6 is 0 Å². The summed E-state index contributed by atoms with van der Waals surface area (Å²) in [5, 5.41) is 0. The van der Waals surface area contributed by atoms with Gasteiger partial charge >= 0.3 is 0 Å². The van der Waals surface area contributed by atoms with Crippen molar-refractivity contribution in [1.82, 2.24) is 9.88 Å². The maximum Gasteiger partial charge on any atom is 0.260 e. The molecule has 17 heavy (non-hydrogen) atoms. The third-order valence-corrected chi connectivity index (χ3v) is 3.00. The third-order valence-electron chi connectivity index (χ3n) is 3.00. The minimum Gasteiger partial charge on any atom is -0.278 e. The van der Waals surface area contributed by atoms with Crippen LogP contribution in [0.3, 0.4) is 0 Å². The molecule has 0 aliphatic carbocycles. The number of hydrogen-bond donors (Lipinski definition) is 0. The first-order chi connectivity index (χ1) is 8.11. The van der Waals surface area contributed by atoms with Crippen LogP contribution in [0.1, 0.15) is 30.1 Å². The zero-order valence-corrected chi connectivity index (χ0v) is 9.52. The Hall–Kier alpha value is -1.78. The number of pyridine rings is 1. The molecule has 4 nitrogen and oxygen atoms in total. The van der Waals surface area contributed by atoms with Crippen LogP contribution in [-0.2, 0) is 4.79 Å². The van der Waals surface area contributed by atoms with Crippen molar-refractivity contribution in [2.45, 2.75) is 19.8 Å². The number of rotatable bonds is 2. The molecule has 2 heterocycles. The molecule has 1 aliphatic heterocycles. The zero-order chi connectivity index (χ0) is 12.4. The van der Waals surface area contributed by atoms with Gasteiger partial charge in [-0.15, -0.1) is 0 Å². The number of likely N-dealkylation sites (tertiary alicyclic amines) is 1. The summed E-state index contributed by atoms with van der Waals surface area (Å²) < 4.78 is 12.9. The van der Waals surface area contributed by atoms with Gasteiger partial charge < -0.3 is 0 Å². The molecular weight excluding hydrogens is 223 g/mol. The fraction of sp³-hybridized carbons (Fsp3) is 0.417. The van der Waals surface area contributed by atoms with E-state index < -0.39 is 11.9 Å². The van der Waals surface area contributed by atoms with Crippen LogP contribution in [-0.4, -0.2) is 28.2 Å². The summed E-state index contributed by atoms with van der Waals surface area (Å²) in [5.41, 5.74) is 0.169. The van der Waals surface area contributed by atoms with E-state index >= 15 is 0 Å². The van der Waals surface area contributed by atoms with E-state index in [1.54, 1.807) is 0 Å². The zero-order valence-electron chi connectivity index (χ0n) is 9.52. The Morgan fingerprint density at radius 2 is 2.41 bits per heavy atom. The number of amides is 2. The summed E-state index contributed by atoms with van der Waals surface area (Å²) in [6, 6.07) is 2.47. The number of nitrogens with zero attached hydrogens (tertiary/aromatic N) is 2. The largest absolute Gasteiger partial charge is 0.278 e. The molecule has 0 spiro atoms. The van der Waals surface area contributed by atoms with Gasteiger partial charge in [0.1, 0.15) is 0 Å². The van der Waals surface area contributed by atoms with Gasteiger partial charge in [0.05, 0.1) is 0 Å². The van der Waals surface area contributed by atoms with Gasteiger partial charge in [-0.2, -0.15) is 4.39 Å². The number of imide groups is 1. The van der Waals surface area contributed by atoms with E-state index in [-0.39, 0.29) is 17.4 Å². The van der Waals surface area contributed by atoms with Crippen LogP contribution in [0, 0.1) is 11.9 Å². The van der Waals surface area contributed by atoms with Crippen molar-refractivity contribution in [2.75, 3.05) is 6.54 Å². The molecular formula is C12H13FN2O2. The molecule has 1 aromatic rings. The van der Waals surface area contributed by atoms with E-state index in [9.17, 15) is 14.0 Å². The lowest BCUT2D eigenvalue weighted by molar-refractivity contribution is -0.125. The molecule has 1 fully saturated rings. The van der Waals surface area contributed by atoms with Crippen LogP contribution in [0.2, 0.25) is 0 Å². The average molecular weight is 236 g/mol. The number of carbonyl (C=O) groups is 2. The van der Waals surface area contributed by atoms with Crippen molar-refractivity contribution in [1.29, 1.82) is 0 Å². The quantitative estimate of drug-likeness (QED) is 0.579. The molecule has 0 radical (unpaired) electrons. The third kappa shape index (κ3) is 2.33. The van der Waals surface area contributed by atoms with Crippen LogP contribution < -0.4 is 0 Å². The van der Waals surface area contributed by atoms with Crippen molar-refractivity contribution in [3.05, 3.63) is 29.8 Å². The Morgan fingerprint density at radius 3 is 3.00 bits per heavy atom. The van der Waals surface area contributed by atoms with Crippen molar-refractivity contribution >= 4 is 11.8 Å². The molecule has 0 bridgehead atoms. The topological polar surface area (TPSA) is 50.3 Å². The highest BCUT2D eigenvalue weighted by Crippen LogP contribution is 2.22. The van der Waals surface area contributed by atoms with Gasteiger partial charge in [0.15, 0.2) is 0 Å². The van der Waals surface area contributed by atoms with Crippen molar-refractivity contribution in [3.63, 3.8) is 0 Å². The molecule has 2 rings (SSSR count). The number of halogens is 1. The molecule has 90 valence electrons. The summed E-state index contributed by atoms with van der Waals surface area (Å²) in [4.78, 5) is 28.2. The maximum absolute atomic E-state index is 12.9. The van der Waals surface area contributed by atoms with E-state index in [1.165, 1.54) is 17.2 Å². The average Bonchev–Trinajstić information content (AvgIpc) is 2.69. The van der Waals surface area contributed by atoms with Gasteiger partial charge in [0, 0.05) is 30.8 Å². The minimum atomic E-state index is -0.713. The Labute approximate surface area is 98.4 Å². The lowest BCUT2D eigenvalue weighted by Gasteiger charge is -2.14. The van der Waals surface area contributed by atoms with Crippen LogP contribution in [0.4, 0.5) is 4.39 Å². The van der Waals surface area contributed by atoms with Crippen molar-refractivity contribution < 1.29 is 14.0 Å². The van der Waals surface area contributed by atoms with Crippen LogP contribution in [0.25, 0.3) is 0 Å². The predicted molar refractivity (Wildman–Crippen MR) is 58.6 cm³/mol. The standard InChI is InChI=1S/C12H13FN2O2/c1-2-8-5-11(16)15(7-8)12(17)9-3-4-14-10(13)6-9/h3-4,6,8H,2,5,7H2,1H3. The van der Waals surface area contributed by atoms with Crippen molar-refractivity contribution in [2.24, 2.45) is 5.92 Å². The molecule has 1 atom stereocenters. The monoisotopic (exact) mass is 236 g/mol. The highest BCUT2D eigenvalue weighted by Gasteiger charge is 2.33. The van der Waals surface area contributed by atoms with Gasteiger partial charge in [-0.1, -0.05) is 13.3 Å². The first-order valence-corrected chi connectivity index (χ1v) is 5.58. The molecule has 0 N–H and O–H groups in total. The summed E-state index contributed by atoms with van der Waals surface area (Å²) >= 11 is 0.